The fraction of sp³-hybridized carbons (Fsp3) is 0.545. The van der Waals surface area contributed by atoms with E-state index in [2.05, 4.69) is 10.3 Å². The number of nitrogens with zero attached hydrogens (tertiary/aromatic N) is 1. The van der Waals surface area contributed by atoms with Gasteiger partial charge in [-0.1, -0.05) is 0 Å². The number of hydrogen-bond donors (Lipinski definition) is 1. The summed E-state index contributed by atoms with van der Waals surface area (Å²) >= 11 is 11.7. The van der Waals surface area contributed by atoms with Gasteiger partial charge in [0.25, 0.3) is 0 Å². The first-order chi connectivity index (χ1) is 7.65. The van der Waals surface area contributed by atoms with E-state index in [9.17, 15) is 0 Å². The molecule has 0 aliphatic rings. The molecule has 0 fully saturated rings. The molecular formula is C11H16Cl2N2O. The van der Waals surface area contributed by atoms with Crippen LogP contribution in [0.4, 0.5) is 5.82 Å². The van der Waals surface area contributed by atoms with Crippen LogP contribution in [-0.2, 0) is 0 Å². The molecule has 0 aromatic carbocycles. The normalized spacial score (nSPS) is 11.2. The lowest BCUT2D eigenvalue weighted by molar-refractivity contribution is 0.340. The van der Waals surface area contributed by atoms with E-state index in [0.717, 1.165) is 0 Å². The van der Waals surface area contributed by atoms with Crippen molar-refractivity contribution in [3.63, 3.8) is 0 Å². The third-order valence-electron chi connectivity index (χ3n) is 2.08. The van der Waals surface area contributed by atoms with Gasteiger partial charge in [-0.2, -0.15) is 0 Å². The Kier molecular flexibility index (Phi) is 5.16. The fourth-order valence-electron chi connectivity index (χ4n) is 1.14. The number of aromatic nitrogens is 1. The lowest BCUT2D eigenvalue weighted by atomic mass is 10.1. The van der Waals surface area contributed by atoms with Crippen molar-refractivity contribution < 1.29 is 4.74 Å². The number of ether oxygens (including phenoxy) is 1. The lowest BCUT2D eigenvalue weighted by Crippen LogP contribution is -2.39. The van der Waals surface area contributed by atoms with Crippen molar-refractivity contribution in [2.75, 3.05) is 23.7 Å². The smallest absolute Gasteiger partial charge is 0.169 e. The summed E-state index contributed by atoms with van der Waals surface area (Å²) in [6.45, 7) is 4.47. The van der Waals surface area contributed by atoms with Gasteiger partial charge in [0, 0.05) is 18.0 Å². The number of rotatable bonds is 6. The highest BCUT2D eigenvalue weighted by atomic mass is 35.5. The minimum absolute atomic E-state index is 0.386. The molecule has 1 heterocycles. The SMILES string of the molecule is CCOc1cccnc1NC(C)(CCl)CCl. The van der Waals surface area contributed by atoms with Crippen molar-refractivity contribution in [2.45, 2.75) is 19.4 Å². The van der Waals surface area contributed by atoms with Crippen molar-refractivity contribution in [2.24, 2.45) is 0 Å². The van der Waals surface area contributed by atoms with Gasteiger partial charge in [0.15, 0.2) is 11.6 Å². The topological polar surface area (TPSA) is 34.1 Å². The molecule has 0 aliphatic heterocycles. The summed E-state index contributed by atoms with van der Waals surface area (Å²) in [6.07, 6.45) is 1.70. The van der Waals surface area contributed by atoms with E-state index in [1.807, 2.05) is 26.0 Å². The van der Waals surface area contributed by atoms with Crippen molar-refractivity contribution in [1.82, 2.24) is 4.98 Å². The quantitative estimate of drug-likeness (QED) is 0.800. The average molecular weight is 263 g/mol. The van der Waals surface area contributed by atoms with Crippen LogP contribution in [-0.4, -0.2) is 28.9 Å². The molecule has 0 bridgehead atoms. The Morgan fingerprint density at radius 1 is 1.44 bits per heavy atom. The number of alkyl halides is 2. The van der Waals surface area contributed by atoms with Crippen molar-refractivity contribution in [3.05, 3.63) is 18.3 Å². The summed E-state index contributed by atoms with van der Waals surface area (Å²) in [6, 6.07) is 3.69. The van der Waals surface area contributed by atoms with Crippen LogP contribution in [0.1, 0.15) is 13.8 Å². The number of nitrogens with one attached hydrogen (secondary N) is 1. The summed E-state index contributed by atoms with van der Waals surface area (Å²) < 4.78 is 5.46. The second kappa shape index (κ2) is 6.16. The Labute approximate surface area is 106 Å². The summed E-state index contributed by atoms with van der Waals surface area (Å²) in [5, 5.41) is 3.21. The van der Waals surface area contributed by atoms with Crippen LogP contribution in [0.15, 0.2) is 18.3 Å². The van der Waals surface area contributed by atoms with Crippen LogP contribution in [0.25, 0.3) is 0 Å². The molecule has 0 spiro atoms. The zero-order chi connectivity index (χ0) is 12.0. The molecule has 0 atom stereocenters. The molecule has 0 saturated carbocycles. The molecule has 0 saturated heterocycles. The van der Waals surface area contributed by atoms with Gasteiger partial charge in [-0.25, -0.2) is 4.98 Å². The van der Waals surface area contributed by atoms with Crippen LogP contribution in [0.2, 0.25) is 0 Å². The van der Waals surface area contributed by atoms with Crippen molar-refractivity contribution in [1.29, 1.82) is 0 Å². The molecule has 90 valence electrons. The monoisotopic (exact) mass is 262 g/mol. The second-order valence-corrected chi connectivity index (χ2v) is 4.27. The predicted molar refractivity (Wildman–Crippen MR) is 68.9 cm³/mol. The molecule has 0 amide bonds. The summed E-state index contributed by atoms with van der Waals surface area (Å²) in [4.78, 5) is 4.22. The Bertz CT molecular complexity index is 330. The molecule has 0 aliphatic carbocycles. The minimum atomic E-state index is -0.386. The molecule has 1 N–H and O–H groups in total. The summed E-state index contributed by atoms with van der Waals surface area (Å²) in [5.41, 5.74) is -0.386. The second-order valence-electron chi connectivity index (χ2n) is 3.74. The third kappa shape index (κ3) is 3.42. The number of pyridine rings is 1. The Morgan fingerprint density at radius 3 is 2.69 bits per heavy atom. The van der Waals surface area contributed by atoms with Crippen LogP contribution >= 0.6 is 23.2 Å². The van der Waals surface area contributed by atoms with E-state index in [-0.39, 0.29) is 5.54 Å². The average Bonchev–Trinajstić information content (AvgIpc) is 2.32. The van der Waals surface area contributed by atoms with E-state index in [1.54, 1.807) is 6.20 Å². The van der Waals surface area contributed by atoms with Gasteiger partial charge in [-0.05, 0) is 26.0 Å². The molecule has 3 nitrogen and oxygen atoms in total. The van der Waals surface area contributed by atoms with Gasteiger partial charge in [0.05, 0.1) is 12.1 Å². The number of anilines is 1. The standard InChI is InChI=1S/C11H16Cl2N2O/c1-3-16-9-5-4-6-14-10(9)15-11(2,7-12)8-13/h4-6H,3,7-8H2,1-2H3,(H,14,15). The van der Waals surface area contributed by atoms with Gasteiger partial charge in [-0.15, -0.1) is 23.2 Å². The summed E-state index contributed by atoms with van der Waals surface area (Å²) in [5.74, 6) is 2.19. The van der Waals surface area contributed by atoms with E-state index in [4.69, 9.17) is 27.9 Å². The maximum atomic E-state index is 5.87. The first kappa shape index (κ1) is 13.4. The molecule has 1 aromatic heterocycles. The first-order valence-corrected chi connectivity index (χ1v) is 6.20. The van der Waals surface area contributed by atoms with E-state index >= 15 is 0 Å². The molecule has 5 heteroatoms. The van der Waals surface area contributed by atoms with Crippen LogP contribution in [0, 0.1) is 0 Å². The third-order valence-corrected chi connectivity index (χ3v) is 3.26. The van der Waals surface area contributed by atoms with Crippen LogP contribution < -0.4 is 10.1 Å². The van der Waals surface area contributed by atoms with Crippen LogP contribution in [0.5, 0.6) is 5.75 Å². The van der Waals surface area contributed by atoms with Crippen molar-refractivity contribution >= 4 is 29.0 Å². The van der Waals surface area contributed by atoms with Gasteiger partial charge in [0.2, 0.25) is 0 Å². The zero-order valence-electron chi connectivity index (χ0n) is 9.46. The number of halogens is 2. The highest BCUT2D eigenvalue weighted by Gasteiger charge is 2.23. The maximum Gasteiger partial charge on any atom is 0.169 e. The Morgan fingerprint density at radius 2 is 2.12 bits per heavy atom. The first-order valence-electron chi connectivity index (χ1n) is 5.13. The Balaban J connectivity index is 2.87. The molecule has 1 rings (SSSR count). The fourth-order valence-corrected chi connectivity index (χ4v) is 1.56. The molecule has 1 aromatic rings. The highest BCUT2D eigenvalue weighted by Crippen LogP contribution is 2.25. The molecule has 16 heavy (non-hydrogen) atoms. The molecular weight excluding hydrogens is 247 g/mol. The highest BCUT2D eigenvalue weighted by molar-refractivity contribution is 6.22. The van der Waals surface area contributed by atoms with Gasteiger partial charge in [-0.3, -0.25) is 0 Å². The molecule has 0 radical (unpaired) electrons. The van der Waals surface area contributed by atoms with E-state index < -0.39 is 0 Å². The predicted octanol–water partition coefficient (Wildman–Crippen LogP) is 3.13. The zero-order valence-corrected chi connectivity index (χ0v) is 11.0. The van der Waals surface area contributed by atoms with Crippen LogP contribution in [0.3, 0.4) is 0 Å². The lowest BCUT2D eigenvalue weighted by Gasteiger charge is -2.27. The molecule has 0 unspecified atom stereocenters. The van der Waals surface area contributed by atoms with Gasteiger partial charge in [0.1, 0.15) is 0 Å². The largest absolute Gasteiger partial charge is 0.490 e. The van der Waals surface area contributed by atoms with Crippen molar-refractivity contribution in [3.8, 4) is 5.75 Å². The summed E-state index contributed by atoms with van der Waals surface area (Å²) in [7, 11) is 0. The Hall–Kier alpha value is -0.670. The van der Waals surface area contributed by atoms with Gasteiger partial charge < -0.3 is 10.1 Å². The minimum Gasteiger partial charge on any atom is -0.490 e. The van der Waals surface area contributed by atoms with E-state index in [0.29, 0.717) is 29.9 Å². The van der Waals surface area contributed by atoms with E-state index in [1.165, 1.54) is 0 Å². The van der Waals surface area contributed by atoms with Gasteiger partial charge >= 0.3 is 0 Å². The number of hydrogen-bond acceptors (Lipinski definition) is 3. The maximum absolute atomic E-state index is 5.87.